The number of aromatic nitrogens is 5. The van der Waals surface area contributed by atoms with Crippen LogP contribution in [-0.4, -0.2) is 30.5 Å². The molecule has 0 aliphatic rings. The first kappa shape index (κ1) is 16.8. The number of anilines is 1. The first-order valence-corrected chi connectivity index (χ1v) is 8.48. The highest BCUT2D eigenvalue weighted by molar-refractivity contribution is 5.93. The lowest BCUT2D eigenvalue weighted by molar-refractivity contribution is -0.117. The minimum Gasteiger partial charge on any atom is -0.361 e. The summed E-state index contributed by atoms with van der Waals surface area (Å²) < 4.78 is 2.78. The topological polar surface area (TPSA) is 97.6 Å². The Hall–Kier alpha value is -3.68. The second kappa shape index (κ2) is 6.56. The van der Waals surface area contributed by atoms with Crippen molar-refractivity contribution in [1.29, 1.82) is 0 Å². The van der Waals surface area contributed by atoms with Crippen LogP contribution in [0, 0.1) is 13.8 Å². The van der Waals surface area contributed by atoms with Gasteiger partial charge in [-0.25, -0.2) is 9.36 Å². The fourth-order valence-electron chi connectivity index (χ4n) is 2.99. The van der Waals surface area contributed by atoms with Crippen LogP contribution >= 0.6 is 0 Å². The van der Waals surface area contributed by atoms with Gasteiger partial charge in [-0.2, -0.15) is 5.10 Å². The van der Waals surface area contributed by atoms with Crippen LogP contribution in [0.25, 0.3) is 16.7 Å². The predicted octanol–water partition coefficient (Wildman–Crippen LogP) is 2.17. The summed E-state index contributed by atoms with van der Waals surface area (Å²) in [4.78, 5) is 27.6. The Kier molecular flexibility index (Phi) is 4.08. The number of aryl methyl sites for hydroxylation is 2. The van der Waals surface area contributed by atoms with Crippen molar-refractivity contribution in [2.24, 2.45) is 0 Å². The molecule has 0 radical (unpaired) electrons. The summed E-state index contributed by atoms with van der Waals surface area (Å²) in [5.74, 6) is 0.159. The lowest BCUT2D eigenvalue weighted by atomic mass is 10.2. The average molecular weight is 362 g/mol. The van der Waals surface area contributed by atoms with Gasteiger partial charge < -0.3 is 10.3 Å². The standard InChI is InChI=1S/C19H18N6O2/c1-12-9-13(2)25(22-12)17-5-6-19(27)24(23-17)11-18(26)21-15-3-4-16-14(10-15)7-8-20-16/h3-10,20H,11H2,1-2H3,(H,21,26). The minimum absolute atomic E-state index is 0.183. The van der Waals surface area contributed by atoms with Crippen molar-refractivity contribution in [2.45, 2.75) is 20.4 Å². The zero-order valence-electron chi connectivity index (χ0n) is 14.9. The normalized spacial score (nSPS) is 11.0. The molecule has 0 atom stereocenters. The molecular weight excluding hydrogens is 344 g/mol. The summed E-state index contributed by atoms with van der Waals surface area (Å²) in [6, 6.07) is 12.4. The molecule has 0 aliphatic carbocycles. The van der Waals surface area contributed by atoms with Crippen LogP contribution in [0.15, 0.2) is 53.5 Å². The number of carbonyl (C=O) groups excluding carboxylic acids is 1. The number of hydrogen-bond acceptors (Lipinski definition) is 4. The van der Waals surface area contributed by atoms with Crippen molar-refractivity contribution in [1.82, 2.24) is 24.5 Å². The molecule has 0 fully saturated rings. The van der Waals surface area contributed by atoms with Crippen LogP contribution in [0.5, 0.6) is 0 Å². The average Bonchev–Trinajstić information content (AvgIpc) is 3.22. The van der Waals surface area contributed by atoms with Gasteiger partial charge in [0.1, 0.15) is 6.54 Å². The number of hydrogen-bond donors (Lipinski definition) is 2. The van der Waals surface area contributed by atoms with Gasteiger partial charge >= 0.3 is 0 Å². The lowest BCUT2D eigenvalue weighted by Crippen LogP contribution is -2.30. The van der Waals surface area contributed by atoms with E-state index >= 15 is 0 Å². The molecule has 0 saturated carbocycles. The summed E-state index contributed by atoms with van der Waals surface area (Å²) in [6.45, 7) is 3.60. The maximum atomic E-state index is 12.4. The van der Waals surface area contributed by atoms with Gasteiger partial charge in [0, 0.05) is 34.5 Å². The highest BCUT2D eigenvalue weighted by atomic mass is 16.2. The molecule has 0 unspecified atom stereocenters. The first-order valence-electron chi connectivity index (χ1n) is 8.48. The number of H-pyrrole nitrogens is 1. The van der Waals surface area contributed by atoms with E-state index in [1.807, 2.05) is 44.3 Å². The zero-order chi connectivity index (χ0) is 19.0. The Balaban J connectivity index is 1.56. The number of nitrogens with one attached hydrogen (secondary N) is 2. The van der Waals surface area contributed by atoms with Gasteiger partial charge in [0.2, 0.25) is 5.91 Å². The Labute approximate surface area is 154 Å². The maximum Gasteiger partial charge on any atom is 0.267 e. The SMILES string of the molecule is Cc1cc(C)n(-c2ccc(=O)n(CC(=O)Nc3ccc4[nH]ccc4c3)n2)n1. The van der Waals surface area contributed by atoms with Crippen LogP contribution < -0.4 is 10.9 Å². The summed E-state index contributed by atoms with van der Waals surface area (Å²) in [6.07, 6.45) is 1.84. The molecule has 3 aromatic heterocycles. The highest BCUT2D eigenvalue weighted by Crippen LogP contribution is 2.17. The predicted molar refractivity (Wildman–Crippen MR) is 102 cm³/mol. The smallest absolute Gasteiger partial charge is 0.267 e. The summed E-state index contributed by atoms with van der Waals surface area (Å²) in [7, 11) is 0. The third-order valence-electron chi connectivity index (χ3n) is 4.21. The van der Waals surface area contributed by atoms with E-state index in [1.54, 1.807) is 16.8 Å². The molecule has 8 heteroatoms. The van der Waals surface area contributed by atoms with Crippen molar-refractivity contribution >= 4 is 22.5 Å². The summed E-state index contributed by atoms with van der Waals surface area (Å²) in [5.41, 5.74) is 3.05. The number of amides is 1. The second-order valence-electron chi connectivity index (χ2n) is 6.35. The molecule has 0 saturated heterocycles. The third kappa shape index (κ3) is 3.37. The van der Waals surface area contributed by atoms with Gasteiger partial charge in [-0.05, 0) is 50.2 Å². The molecular formula is C19H18N6O2. The Morgan fingerprint density at radius 2 is 1.96 bits per heavy atom. The Morgan fingerprint density at radius 3 is 2.74 bits per heavy atom. The zero-order valence-corrected chi connectivity index (χ0v) is 14.9. The third-order valence-corrected chi connectivity index (χ3v) is 4.21. The van der Waals surface area contributed by atoms with E-state index in [9.17, 15) is 9.59 Å². The van der Waals surface area contributed by atoms with Gasteiger partial charge in [0.05, 0.1) is 5.69 Å². The van der Waals surface area contributed by atoms with Crippen molar-refractivity contribution in [2.75, 3.05) is 5.32 Å². The molecule has 0 bridgehead atoms. The molecule has 1 aromatic carbocycles. The van der Waals surface area contributed by atoms with Gasteiger partial charge in [-0.1, -0.05) is 0 Å². The van der Waals surface area contributed by atoms with Crippen molar-refractivity contribution in [3.63, 3.8) is 0 Å². The molecule has 1 amide bonds. The molecule has 3 heterocycles. The van der Waals surface area contributed by atoms with E-state index in [0.717, 1.165) is 27.0 Å². The maximum absolute atomic E-state index is 12.4. The molecule has 2 N–H and O–H groups in total. The van der Waals surface area contributed by atoms with Crippen LogP contribution in [0.4, 0.5) is 5.69 Å². The van der Waals surface area contributed by atoms with E-state index < -0.39 is 0 Å². The highest BCUT2D eigenvalue weighted by Gasteiger charge is 2.11. The number of nitrogens with zero attached hydrogens (tertiary/aromatic N) is 4. The first-order chi connectivity index (χ1) is 13.0. The number of aromatic amines is 1. The van der Waals surface area contributed by atoms with Gasteiger partial charge in [-0.3, -0.25) is 9.59 Å². The molecule has 27 heavy (non-hydrogen) atoms. The fourth-order valence-corrected chi connectivity index (χ4v) is 2.99. The van der Waals surface area contributed by atoms with Gasteiger partial charge in [0.15, 0.2) is 5.82 Å². The fraction of sp³-hybridized carbons (Fsp3) is 0.158. The van der Waals surface area contributed by atoms with Crippen molar-refractivity contribution < 1.29 is 4.79 Å². The number of carbonyl (C=O) groups is 1. The molecule has 136 valence electrons. The number of rotatable bonds is 4. The van der Waals surface area contributed by atoms with E-state index in [0.29, 0.717) is 11.5 Å². The molecule has 4 aromatic rings. The number of fused-ring (bicyclic) bond motifs is 1. The van der Waals surface area contributed by atoms with E-state index in [-0.39, 0.29) is 18.0 Å². The van der Waals surface area contributed by atoms with Crippen LogP contribution in [0.3, 0.4) is 0 Å². The molecule has 0 aliphatic heterocycles. The van der Waals surface area contributed by atoms with E-state index in [1.165, 1.54) is 6.07 Å². The molecule has 8 nitrogen and oxygen atoms in total. The molecule has 4 rings (SSSR count). The van der Waals surface area contributed by atoms with E-state index in [2.05, 4.69) is 20.5 Å². The second-order valence-corrected chi connectivity index (χ2v) is 6.35. The Morgan fingerprint density at radius 1 is 1.11 bits per heavy atom. The van der Waals surface area contributed by atoms with Crippen LogP contribution in [0.1, 0.15) is 11.4 Å². The van der Waals surface area contributed by atoms with Crippen LogP contribution in [0.2, 0.25) is 0 Å². The van der Waals surface area contributed by atoms with Gasteiger partial charge in [-0.15, -0.1) is 5.10 Å². The van der Waals surface area contributed by atoms with Gasteiger partial charge in [0.25, 0.3) is 5.56 Å². The molecule has 0 spiro atoms. The largest absolute Gasteiger partial charge is 0.361 e. The lowest BCUT2D eigenvalue weighted by Gasteiger charge is -2.09. The Bertz CT molecular complexity index is 1200. The van der Waals surface area contributed by atoms with Crippen molar-refractivity contribution in [3.8, 4) is 5.82 Å². The number of benzene rings is 1. The monoisotopic (exact) mass is 362 g/mol. The minimum atomic E-state index is -0.350. The van der Waals surface area contributed by atoms with E-state index in [4.69, 9.17) is 0 Å². The van der Waals surface area contributed by atoms with Crippen molar-refractivity contribution in [3.05, 3.63) is 70.4 Å². The quantitative estimate of drug-likeness (QED) is 0.581. The summed E-state index contributed by atoms with van der Waals surface area (Å²) in [5, 5.41) is 12.4. The summed E-state index contributed by atoms with van der Waals surface area (Å²) >= 11 is 0. The van der Waals surface area contributed by atoms with Crippen LogP contribution in [-0.2, 0) is 11.3 Å².